The maximum absolute atomic E-state index is 13.6. The molecule has 15 heteroatoms. The molecule has 0 aliphatic carbocycles. The van der Waals surface area contributed by atoms with Gasteiger partial charge < -0.3 is 18.9 Å². The second-order valence-corrected chi connectivity index (χ2v) is 10.5. The predicted octanol–water partition coefficient (Wildman–Crippen LogP) is 3.32. The van der Waals surface area contributed by atoms with Crippen LogP contribution in [-0.4, -0.2) is 71.8 Å². The third-order valence-electron chi connectivity index (χ3n) is 5.75. The first-order valence-corrected chi connectivity index (χ1v) is 13.4. The van der Waals surface area contributed by atoms with E-state index in [2.05, 4.69) is 29.9 Å². The highest BCUT2D eigenvalue weighted by Gasteiger charge is 2.35. The summed E-state index contributed by atoms with van der Waals surface area (Å²) in [6, 6.07) is 10.2. The molecule has 0 saturated carbocycles. The molecule has 0 radical (unpaired) electrons. The summed E-state index contributed by atoms with van der Waals surface area (Å²) >= 11 is 5.89. The molecule has 0 amide bonds. The van der Waals surface area contributed by atoms with E-state index in [0.29, 0.717) is 33.8 Å². The molecule has 0 fully saturated rings. The van der Waals surface area contributed by atoms with Gasteiger partial charge in [0, 0.05) is 25.6 Å². The number of hydrogen-bond donors (Lipinski definition) is 1. The highest BCUT2D eigenvalue weighted by molar-refractivity contribution is 7.93. The number of nitrogens with one attached hydrogen (secondary N) is 1. The zero-order chi connectivity index (χ0) is 28.2. The Morgan fingerprint density at radius 1 is 0.923 bits per heavy atom. The van der Waals surface area contributed by atoms with E-state index < -0.39 is 21.4 Å². The molecule has 0 aliphatic heterocycles. The summed E-state index contributed by atoms with van der Waals surface area (Å²) in [6.45, 7) is 1.46. The molecule has 1 N–H and O–H groups in total. The SMILES string of the molecule is COc1cccc(-c2nnc(NS(=O)(=O)[C@@H](C)[C@H](OC)c3ncc(Cl)cn3)n2-c2c(OC)cccc2OC)n1. The smallest absolute Gasteiger partial charge is 0.243 e. The maximum Gasteiger partial charge on any atom is 0.243 e. The average molecular weight is 576 g/mol. The van der Waals surface area contributed by atoms with Gasteiger partial charge in [-0.15, -0.1) is 10.2 Å². The van der Waals surface area contributed by atoms with E-state index in [1.807, 2.05) is 0 Å². The molecule has 4 aromatic rings. The number of methoxy groups -OCH3 is 4. The summed E-state index contributed by atoms with van der Waals surface area (Å²) in [5.74, 6) is 1.28. The summed E-state index contributed by atoms with van der Waals surface area (Å²) in [5, 5.41) is 7.55. The largest absolute Gasteiger partial charge is 0.494 e. The standard InChI is InChI=1S/C24H26ClN7O6S/c1-14(21(38-5)22-26-12-15(25)13-27-22)39(33,34)31-24-30-29-23(16-8-6-11-19(28-16)37-4)32(24)20-17(35-2)9-7-10-18(20)36-3/h6-14,21H,1-5H3,(H,30,31)/t14-,21-/m0/s1. The molecule has 3 aromatic heterocycles. The van der Waals surface area contributed by atoms with Gasteiger partial charge in [-0.05, 0) is 25.1 Å². The molecular weight excluding hydrogens is 550 g/mol. The Kier molecular flexibility index (Phi) is 8.47. The van der Waals surface area contributed by atoms with Crippen molar-refractivity contribution in [1.29, 1.82) is 0 Å². The lowest BCUT2D eigenvalue weighted by molar-refractivity contribution is 0.0950. The van der Waals surface area contributed by atoms with Gasteiger partial charge in [-0.3, -0.25) is 9.29 Å². The highest BCUT2D eigenvalue weighted by Crippen LogP contribution is 2.38. The molecule has 206 valence electrons. The van der Waals surface area contributed by atoms with Crippen LogP contribution in [0.15, 0.2) is 48.8 Å². The van der Waals surface area contributed by atoms with Crippen LogP contribution < -0.4 is 18.9 Å². The topological polar surface area (TPSA) is 152 Å². The van der Waals surface area contributed by atoms with Crippen LogP contribution in [0.4, 0.5) is 5.95 Å². The van der Waals surface area contributed by atoms with Gasteiger partial charge in [0.1, 0.15) is 34.2 Å². The molecule has 39 heavy (non-hydrogen) atoms. The number of ether oxygens (including phenoxy) is 4. The van der Waals surface area contributed by atoms with Crippen molar-refractivity contribution in [2.45, 2.75) is 18.3 Å². The van der Waals surface area contributed by atoms with Crippen molar-refractivity contribution >= 4 is 27.6 Å². The van der Waals surface area contributed by atoms with Crippen molar-refractivity contribution in [3.8, 4) is 34.6 Å². The fourth-order valence-electron chi connectivity index (χ4n) is 3.79. The van der Waals surface area contributed by atoms with Gasteiger partial charge in [0.2, 0.25) is 21.9 Å². The minimum atomic E-state index is -4.17. The minimum absolute atomic E-state index is 0.142. The lowest BCUT2D eigenvalue weighted by Gasteiger charge is -2.22. The lowest BCUT2D eigenvalue weighted by Crippen LogP contribution is -2.33. The number of para-hydroxylation sites is 1. The quantitative estimate of drug-likeness (QED) is 0.280. The van der Waals surface area contributed by atoms with E-state index in [0.717, 1.165) is 0 Å². The van der Waals surface area contributed by atoms with Gasteiger partial charge in [0.25, 0.3) is 0 Å². The first kappa shape index (κ1) is 28.0. The first-order valence-electron chi connectivity index (χ1n) is 11.4. The van der Waals surface area contributed by atoms with Crippen LogP contribution >= 0.6 is 11.6 Å². The minimum Gasteiger partial charge on any atom is -0.494 e. The Morgan fingerprint density at radius 3 is 2.15 bits per heavy atom. The van der Waals surface area contributed by atoms with Crippen LogP contribution in [0.25, 0.3) is 17.2 Å². The molecule has 0 spiro atoms. The number of nitrogens with zero attached hydrogens (tertiary/aromatic N) is 6. The van der Waals surface area contributed by atoms with Crippen molar-refractivity contribution in [1.82, 2.24) is 29.7 Å². The van der Waals surface area contributed by atoms with E-state index >= 15 is 0 Å². The number of hydrogen-bond acceptors (Lipinski definition) is 11. The zero-order valence-corrected chi connectivity index (χ0v) is 23.3. The summed E-state index contributed by atoms with van der Waals surface area (Å²) in [6.07, 6.45) is 1.71. The second kappa shape index (κ2) is 11.8. The van der Waals surface area contributed by atoms with Gasteiger partial charge in [0.05, 0.1) is 26.4 Å². The van der Waals surface area contributed by atoms with Crippen molar-refractivity contribution in [2.75, 3.05) is 33.2 Å². The van der Waals surface area contributed by atoms with Gasteiger partial charge in [-0.25, -0.2) is 23.4 Å². The zero-order valence-electron chi connectivity index (χ0n) is 21.7. The fourth-order valence-corrected chi connectivity index (χ4v) is 5.02. The predicted molar refractivity (Wildman–Crippen MR) is 143 cm³/mol. The van der Waals surface area contributed by atoms with Crippen molar-refractivity contribution in [3.05, 3.63) is 59.6 Å². The van der Waals surface area contributed by atoms with Crippen molar-refractivity contribution < 1.29 is 27.4 Å². The molecule has 3 heterocycles. The summed E-state index contributed by atoms with van der Waals surface area (Å²) in [4.78, 5) is 12.7. The molecule has 0 bridgehead atoms. The normalized spacial score (nSPS) is 13.0. The molecule has 4 rings (SSSR count). The number of aromatic nitrogens is 6. The summed E-state index contributed by atoms with van der Waals surface area (Å²) in [7, 11) is 1.63. The lowest BCUT2D eigenvalue weighted by atomic mass is 10.2. The molecule has 0 aliphatic rings. The Balaban J connectivity index is 1.85. The van der Waals surface area contributed by atoms with E-state index in [4.69, 9.17) is 30.5 Å². The maximum atomic E-state index is 13.6. The van der Waals surface area contributed by atoms with Gasteiger partial charge in [-0.2, -0.15) is 0 Å². The number of halogens is 1. The van der Waals surface area contributed by atoms with Crippen LogP contribution in [0.3, 0.4) is 0 Å². The Labute approximate surface area is 230 Å². The van der Waals surface area contributed by atoms with Crippen molar-refractivity contribution in [2.24, 2.45) is 0 Å². The van der Waals surface area contributed by atoms with Crippen LogP contribution in [0, 0.1) is 0 Å². The first-order chi connectivity index (χ1) is 18.7. The summed E-state index contributed by atoms with van der Waals surface area (Å²) < 4.78 is 53.1. The third-order valence-corrected chi connectivity index (χ3v) is 7.64. The summed E-state index contributed by atoms with van der Waals surface area (Å²) in [5.41, 5.74) is 0.708. The van der Waals surface area contributed by atoms with E-state index in [-0.39, 0.29) is 17.6 Å². The molecule has 1 aromatic carbocycles. The molecule has 0 saturated heterocycles. The van der Waals surface area contributed by atoms with E-state index in [9.17, 15) is 8.42 Å². The highest BCUT2D eigenvalue weighted by atomic mass is 35.5. The van der Waals surface area contributed by atoms with E-state index in [1.165, 1.54) is 52.3 Å². The number of benzene rings is 1. The molecule has 13 nitrogen and oxygen atoms in total. The molecular formula is C24H26ClN7O6S. The van der Waals surface area contributed by atoms with Gasteiger partial charge in [-0.1, -0.05) is 23.7 Å². The van der Waals surface area contributed by atoms with Crippen molar-refractivity contribution in [3.63, 3.8) is 0 Å². The van der Waals surface area contributed by atoms with Crippen LogP contribution in [0.1, 0.15) is 18.9 Å². The number of anilines is 1. The fraction of sp³-hybridized carbons (Fsp3) is 0.292. The number of pyridine rings is 1. The second-order valence-electron chi connectivity index (χ2n) is 8.03. The molecule has 0 unspecified atom stereocenters. The molecule has 2 atom stereocenters. The van der Waals surface area contributed by atoms with Gasteiger partial charge in [0.15, 0.2) is 11.6 Å². The van der Waals surface area contributed by atoms with Gasteiger partial charge >= 0.3 is 0 Å². The Bertz CT molecular complexity index is 1530. The van der Waals surface area contributed by atoms with Crippen LogP contribution in [0.5, 0.6) is 17.4 Å². The number of sulfonamides is 1. The van der Waals surface area contributed by atoms with Crippen LogP contribution in [0.2, 0.25) is 5.02 Å². The Morgan fingerprint density at radius 2 is 1.56 bits per heavy atom. The Hall–Kier alpha value is -4.01. The number of rotatable bonds is 11. The third kappa shape index (κ3) is 5.72. The van der Waals surface area contributed by atoms with Crippen LogP contribution in [-0.2, 0) is 14.8 Å². The average Bonchev–Trinajstić information content (AvgIpc) is 3.35. The van der Waals surface area contributed by atoms with E-state index in [1.54, 1.807) is 36.4 Å². The monoisotopic (exact) mass is 575 g/mol.